The third kappa shape index (κ3) is 3.33. The van der Waals surface area contributed by atoms with Crippen LogP contribution in [-0.2, 0) is 6.54 Å². The Bertz CT molecular complexity index is 468. The summed E-state index contributed by atoms with van der Waals surface area (Å²) < 4.78 is 11.6. The number of nitrogens with one attached hydrogen (secondary N) is 1. The van der Waals surface area contributed by atoms with Gasteiger partial charge in [-0.15, -0.1) is 0 Å². The van der Waals surface area contributed by atoms with E-state index >= 15 is 0 Å². The molecule has 2 aliphatic heterocycles. The highest BCUT2D eigenvalue weighted by Gasteiger charge is 2.24. The van der Waals surface area contributed by atoms with Gasteiger partial charge in [0.15, 0.2) is 11.5 Å². The van der Waals surface area contributed by atoms with Crippen LogP contribution in [-0.4, -0.2) is 30.3 Å². The average Bonchev–Trinajstić information content (AvgIpc) is 2.72. The topological polar surface area (TPSA) is 33.7 Å². The molecule has 0 aromatic heterocycles. The number of para-hydroxylation sites is 1. The van der Waals surface area contributed by atoms with Gasteiger partial charge in [0.2, 0.25) is 0 Å². The number of rotatable bonds is 3. The summed E-state index contributed by atoms with van der Waals surface area (Å²) in [6.45, 7) is 6.87. The Morgan fingerprint density at radius 2 is 1.86 bits per heavy atom. The van der Waals surface area contributed by atoms with Crippen molar-refractivity contribution in [2.75, 3.05) is 13.2 Å². The SMILES string of the molecule is CC1CCCC(C)N1NCc1cccc2c1OCCCO2. The second-order valence-electron chi connectivity index (χ2n) is 6.17. The van der Waals surface area contributed by atoms with E-state index in [2.05, 4.69) is 30.3 Å². The van der Waals surface area contributed by atoms with Crippen LogP contribution in [0, 0.1) is 0 Å². The van der Waals surface area contributed by atoms with E-state index in [1.54, 1.807) is 0 Å². The van der Waals surface area contributed by atoms with Gasteiger partial charge in [0, 0.05) is 30.6 Å². The highest BCUT2D eigenvalue weighted by atomic mass is 16.5. The van der Waals surface area contributed by atoms with E-state index in [1.807, 2.05) is 12.1 Å². The lowest BCUT2D eigenvalue weighted by molar-refractivity contribution is 0.0432. The minimum absolute atomic E-state index is 0.591. The first-order chi connectivity index (χ1) is 10.3. The molecule has 2 heterocycles. The number of benzene rings is 1. The summed E-state index contributed by atoms with van der Waals surface area (Å²) >= 11 is 0. The zero-order valence-electron chi connectivity index (χ0n) is 13.1. The first-order valence-electron chi connectivity index (χ1n) is 8.15. The fourth-order valence-corrected chi connectivity index (χ4v) is 3.30. The minimum Gasteiger partial charge on any atom is -0.490 e. The Morgan fingerprint density at radius 1 is 1.10 bits per heavy atom. The molecule has 1 fully saturated rings. The maximum atomic E-state index is 5.89. The fraction of sp³-hybridized carbons (Fsp3) is 0.647. The number of hydrazine groups is 1. The van der Waals surface area contributed by atoms with Crippen LogP contribution in [0.15, 0.2) is 18.2 Å². The van der Waals surface area contributed by atoms with Crippen LogP contribution in [0.1, 0.15) is 45.1 Å². The molecule has 1 aromatic rings. The molecule has 0 radical (unpaired) electrons. The van der Waals surface area contributed by atoms with E-state index < -0.39 is 0 Å². The van der Waals surface area contributed by atoms with Gasteiger partial charge in [-0.05, 0) is 32.8 Å². The van der Waals surface area contributed by atoms with E-state index in [0.717, 1.165) is 37.7 Å². The summed E-state index contributed by atoms with van der Waals surface area (Å²) in [5.41, 5.74) is 4.79. The molecule has 21 heavy (non-hydrogen) atoms. The molecule has 0 spiro atoms. The van der Waals surface area contributed by atoms with Gasteiger partial charge in [0.25, 0.3) is 0 Å². The molecule has 1 saturated heterocycles. The van der Waals surface area contributed by atoms with Crippen LogP contribution >= 0.6 is 0 Å². The second kappa shape index (κ2) is 6.67. The van der Waals surface area contributed by atoms with Crippen molar-refractivity contribution in [1.82, 2.24) is 10.4 Å². The largest absolute Gasteiger partial charge is 0.490 e. The van der Waals surface area contributed by atoms with Gasteiger partial charge in [-0.1, -0.05) is 18.6 Å². The summed E-state index contributed by atoms with van der Waals surface area (Å²) in [5.74, 6) is 1.80. The first-order valence-corrected chi connectivity index (χ1v) is 8.15. The lowest BCUT2D eigenvalue weighted by Gasteiger charge is -2.39. The first kappa shape index (κ1) is 14.7. The molecular formula is C17H26N2O2. The normalized spacial score (nSPS) is 26.4. The second-order valence-corrected chi connectivity index (χ2v) is 6.17. The predicted octanol–water partition coefficient (Wildman–Crippen LogP) is 3.12. The Balaban J connectivity index is 1.70. The molecule has 4 nitrogen and oxygen atoms in total. The highest BCUT2D eigenvalue weighted by Crippen LogP contribution is 2.33. The highest BCUT2D eigenvalue weighted by molar-refractivity contribution is 5.46. The molecule has 116 valence electrons. The van der Waals surface area contributed by atoms with Crippen LogP contribution in [0.3, 0.4) is 0 Å². The summed E-state index contributed by atoms with van der Waals surface area (Å²) in [6, 6.07) is 7.35. The average molecular weight is 290 g/mol. The van der Waals surface area contributed by atoms with E-state index in [4.69, 9.17) is 9.47 Å². The predicted molar refractivity (Wildman–Crippen MR) is 83.5 cm³/mol. The molecule has 1 aromatic carbocycles. The number of ether oxygens (including phenoxy) is 2. The summed E-state index contributed by atoms with van der Waals surface area (Å²) in [7, 11) is 0. The van der Waals surface area contributed by atoms with Gasteiger partial charge in [-0.25, -0.2) is 5.01 Å². The third-order valence-electron chi connectivity index (χ3n) is 4.50. The third-order valence-corrected chi connectivity index (χ3v) is 4.50. The molecule has 2 atom stereocenters. The molecule has 0 aliphatic carbocycles. The molecule has 0 saturated carbocycles. The molecular weight excluding hydrogens is 264 g/mol. The van der Waals surface area contributed by atoms with Crippen molar-refractivity contribution in [2.45, 2.75) is 58.2 Å². The maximum Gasteiger partial charge on any atom is 0.165 e. The molecule has 2 aliphatic rings. The van der Waals surface area contributed by atoms with Crippen molar-refractivity contribution in [2.24, 2.45) is 0 Å². The molecule has 0 amide bonds. The van der Waals surface area contributed by atoms with Crippen molar-refractivity contribution < 1.29 is 9.47 Å². The van der Waals surface area contributed by atoms with E-state index in [9.17, 15) is 0 Å². The number of piperidine rings is 1. The molecule has 1 N–H and O–H groups in total. The monoisotopic (exact) mass is 290 g/mol. The van der Waals surface area contributed by atoms with Crippen LogP contribution in [0.5, 0.6) is 11.5 Å². The Labute approximate surface area is 127 Å². The summed E-state index contributed by atoms with van der Waals surface area (Å²) in [4.78, 5) is 0. The molecule has 2 unspecified atom stereocenters. The lowest BCUT2D eigenvalue weighted by atomic mass is 10.00. The Kier molecular flexibility index (Phi) is 4.66. The molecule has 0 bridgehead atoms. The van der Waals surface area contributed by atoms with Crippen molar-refractivity contribution >= 4 is 0 Å². The fourth-order valence-electron chi connectivity index (χ4n) is 3.30. The van der Waals surface area contributed by atoms with Crippen LogP contribution in [0.2, 0.25) is 0 Å². The summed E-state index contributed by atoms with van der Waals surface area (Å²) in [6.07, 6.45) is 4.81. The van der Waals surface area contributed by atoms with Gasteiger partial charge in [0.05, 0.1) is 13.2 Å². The zero-order chi connectivity index (χ0) is 14.7. The number of hydrogen-bond acceptors (Lipinski definition) is 4. The van der Waals surface area contributed by atoms with Gasteiger partial charge in [-0.3, -0.25) is 5.43 Å². The van der Waals surface area contributed by atoms with E-state index in [1.165, 1.54) is 24.8 Å². The van der Waals surface area contributed by atoms with Gasteiger partial charge in [0.1, 0.15) is 0 Å². The Hall–Kier alpha value is -1.26. The standard InChI is InChI=1S/C17H26N2O2/c1-13-6-3-7-14(2)19(13)18-12-15-8-4-9-16-17(15)21-11-5-10-20-16/h4,8-9,13-14,18H,3,5-7,10-12H2,1-2H3. The van der Waals surface area contributed by atoms with Crippen molar-refractivity contribution in [3.05, 3.63) is 23.8 Å². The lowest BCUT2D eigenvalue weighted by Crippen LogP contribution is -2.51. The van der Waals surface area contributed by atoms with Crippen LogP contribution in [0.4, 0.5) is 0 Å². The minimum atomic E-state index is 0.591. The van der Waals surface area contributed by atoms with E-state index in [-0.39, 0.29) is 0 Å². The van der Waals surface area contributed by atoms with E-state index in [0.29, 0.717) is 12.1 Å². The quantitative estimate of drug-likeness (QED) is 0.927. The number of nitrogens with zero attached hydrogens (tertiary/aromatic N) is 1. The summed E-state index contributed by atoms with van der Waals surface area (Å²) in [5, 5.41) is 2.40. The maximum absolute atomic E-state index is 5.89. The van der Waals surface area contributed by atoms with Crippen molar-refractivity contribution in [3.8, 4) is 11.5 Å². The number of hydrogen-bond donors (Lipinski definition) is 1. The zero-order valence-corrected chi connectivity index (χ0v) is 13.1. The molecule has 3 rings (SSSR count). The molecule has 4 heteroatoms. The van der Waals surface area contributed by atoms with Gasteiger partial charge < -0.3 is 9.47 Å². The number of fused-ring (bicyclic) bond motifs is 1. The smallest absolute Gasteiger partial charge is 0.165 e. The van der Waals surface area contributed by atoms with Gasteiger partial charge >= 0.3 is 0 Å². The van der Waals surface area contributed by atoms with Crippen LogP contribution < -0.4 is 14.9 Å². The van der Waals surface area contributed by atoms with Crippen molar-refractivity contribution in [1.29, 1.82) is 0 Å². The van der Waals surface area contributed by atoms with Crippen LogP contribution in [0.25, 0.3) is 0 Å². The van der Waals surface area contributed by atoms with Gasteiger partial charge in [-0.2, -0.15) is 0 Å². The Morgan fingerprint density at radius 3 is 2.67 bits per heavy atom. The van der Waals surface area contributed by atoms with Crippen molar-refractivity contribution in [3.63, 3.8) is 0 Å².